The van der Waals surface area contributed by atoms with Crippen LogP contribution in [0.2, 0.25) is 5.02 Å². The minimum Gasteiger partial charge on any atom is -0.506 e. The van der Waals surface area contributed by atoms with Crippen LogP contribution in [0.3, 0.4) is 0 Å². The van der Waals surface area contributed by atoms with Gasteiger partial charge in [0.1, 0.15) is 5.75 Å². The number of phenols is 1. The second kappa shape index (κ2) is 5.15. The van der Waals surface area contributed by atoms with Gasteiger partial charge in [-0.25, -0.2) is 0 Å². The first-order valence-electron chi connectivity index (χ1n) is 5.99. The number of anilines is 1. The Morgan fingerprint density at radius 1 is 1.29 bits per heavy atom. The van der Waals surface area contributed by atoms with Crippen LogP contribution < -0.4 is 4.90 Å². The quantitative estimate of drug-likeness (QED) is 0.899. The van der Waals surface area contributed by atoms with Crippen molar-refractivity contribution in [2.75, 3.05) is 32.1 Å². The summed E-state index contributed by atoms with van der Waals surface area (Å²) in [6, 6.07) is 3.81. The van der Waals surface area contributed by atoms with E-state index in [4.69, 9.17) is 11.6 Å². The molecule has 1 fully saturated rings. The molecule has 1 aromatic rings. The summed E-state index contributed by atoms with van der Waals surface area (Å²) in [5.41, 5.74) is 1.95. The SMILES string of the molecule is CN(C)c1cc(Cl)c(O)c(CN2CCCC2)c1. The van der Waals surface area contributed by atoms with Crippen molar-refractivity contribution in [1.82, 2.24) is 4.90 Å². The van der Waals surface area contributed by atoms with Crippen molar-refractivity contribution in [2.45, 2.75) is 19.4 Å². The summed E-state index contributed by atoms with van der Waals surface area (Å²) in [7, 11) is 3.95. The molecule has 1 heterocycles. The standard InChI is InChI=1S/C13H19ClN2O/c1-15(2)11-7-10(13(17)12(14)8-11)9-16-5-3-4-6-16/h7-8,17H,3-6,9H2,1-2H3. The zero-order valence-electron chi connectivity index (χ0n) is 10.4. The average molecular weight is 255 g/mol. The molecular formula is C13H19ClN2O. The summed E-state index contributed by atoms with van der Waals surface area (Å²) < 4.78 is 0. The molecule has 1 saturated heterocycles. The Labute approximate surface area is 108 Å². The Kier molecular flexibility index (Phi) is 3.79. The summed E-state index contributed by atoms with van der Waals surface area (Å²) in [5.74, 6) is 0.226. The van der Waals surface area contributed by atoms with Gasteiger partial charge in [0.2, 0.25) is 0 Å². The number of hydrogen-bond acceptors (Lipinski definition) is 3. The van der Waals surface area contributed by atoms with Crippen molar-refractivity contribution < 1.29 is 5.11 Å². The lowest BCUT2D eigenvalue weighted by atomic mass is 10.1. The highest BCUT2D eigenvalue weighted by Crippen LogP contribution is 2.33. The van der Waals surface area contributed by atoms with Crippen LogP contribution in [0.15, 0.2) is 12.1 Å². The number of nitrogens with zero attached hydrogens (tertiary/aromatic N) is 2. The van der Waals surface area contributed by atoms with E-state index in [9.17, 15) is 5.11 Å². The van der Waals surface area contributed by atoms with Crippen molar-refractivity contribution >= 4 is 17.3 Å². The maximum atomic E-state index is 9.99. The molecule has 1 aliphatic rings. The van der Waals surface area contributed by atoms with Gasteiger partial charge in [-0.05, 0) is 38.1 Å². The minimum atomic E-state index is 0.226. The fourth-order valence-electron chi connectivity index (χ4n) is 2.20. The first-order chi connectivity index (χ1) is 8.08. The molecule has 0 unspecified atom stereocenters. The number of rotatable bonds is 3. The zero-order chi connectivity index (χ0) is 12.4. The average Bonchev–Trinajstić information content (AvgIpc) is 2.77. The lowest BCUT2D eigenvalue weighted by Crippen LogP contribution is -2.19. The third-order valence-corrected chi connectivity index (χ3v) is 3.52. The van der Waals surface area contributed by atoms with E-state index in [0.29, 0.717) is 5.02 Å². The number of hydrogen-bond donors (Lipinski definition) is 1. The van der Waals surface area contributed by atoms with Crippen molar-refractivity contribution in [2.24, 2.45) is 0 Å². The van der Waals surface area contributed by atoms with Crippen LogP contribution in [0.1, 0.15) is 18.4 Å². The van der Waals surface area contributed by atoms with E-state index in [0.717, 1.165) is 30.9 Å². The summed E-state index contributed by atoms with van der Waals surface area (Å²) in [6.45, 7) is 3.01. The van der Waals surface area contributed by atoms with Gasteiger partial charge in [0.25, 0.3) is 0 Å². The Balaban J connectivity index is 2.24. The largest absolute Gasteiger partial charge is 0.506 e. The molecule has 3 nitrogen and oxygen atoms in total. The fraction of sp³-hybridized carbons (Fsp3) is 0.538. The van der Waals surface area contributed by atoms with E-state index in [-0.39, 0.29) is 5.75 Å². The van der Waals surface area contributed by atoms with Crippen LogP contribution in [0.25, 0.3) is 0 Å². The van der Waals surface area contributed by atoms with E-state index in [1.54, 1.807) is 6.07 Å². The van der Waals surface area contributed by atoms with E-state index < -0.39 is 0 Å². The Morgan fingerprint density at radius 3 is 2.53 bits per heavy atom. The Hall–Kier alpha value is -0.930. The van der Waals surface area contributed by atoms with E-state index in [1.165, 1.54) is 12.8 Å². The Morgan fingerprint density at radius 2 is 1.94 bits per heavy atom. The maximum Gasteiger partial charge on any atom is 0.138 e. The highest BCUT2D eigenvalue weighted by atomic mass is 35.5. The number of benzene rings is 1. The smallest absolute Gasteiger partial charge is 0.138 e. The summed E-state index contributed by atoms with van der Waals surface area (Å²) in [4.78, 5) is 4.35. The van der Waals surface area contributed by atoms with E-state index in [2.05, 4.69) is 4.90 Å². The minimum absolute atomic E-state index is 0.226. The Bertz CT molecular complexity index is 401. The lowest BCUT2D eigenvalue weighted by Gasteiger charge is -2.19. The van der Waals surface area contributed by atoms with Crippen molar-refractivity contribution in [1.29, 1.82) is 0 Å². The number of phenolic OH excluding ortho intramolecular Hbond substituents is 1. The summed E-state index contributed by atoms with van der Waals surface area (Å²) >= 11 is 6.05. The van der Waals surface area contributed by atoms with Gasteiger partial charge >= 0.3 is 0 Å². The van der Waals surface area contributed by atoms with Gasteiger partial charge in [0.05, 0.1) is 5.02 Å². The van der Waals surface area contributed by atoms with Crippen molar-refractivity contribution in [3.05, 3.63) is 22.7 Å². The molecule has 94 valence electrons. The monoisotopic (exact) mass is 254 g/mol. The van der Waals surface area contributed by atoms with Crippen LogP contribution in [0, 0.1) is 0 Å². The highest BCUT2D eigenvalue weighted by Gasteiger charge is 2.16. The molecule has 0 saturated carbocycles. The molecule has 1 aromatic carbocycles. The number of aromatic hydroxyl groups is 1. The highest BCUT2D eigenvalue weighted by molar-refractivity contribution is 6.32. The summed E-state index contributed by atoms with van der Waals surface area (Å²) in [5, 5.41) is 10.4. The third-order valence-electron chi connectivity index (χ3n) is 3.24. The molecule has 2 rings (SSSR count). The second-order valence-electron chi connectivity index (χ2n) is 4.81. The summed E-state index contributed by atoms with van der Waals surface area (Å²) in [6.07, 6.45) is 2.50. The number of likely N-dealkylation sites (tertiary alicyclic amines) is 1. The first kappa shape index (κ1) is 12.5. The maximum absolute atomic E-state index is 9.99. The first-order valence-corrected chi connectivity index (χ1v) is 6.37. The molecule has 1 N–H and O–H groups in total. The van der Waals surface area contributed by atoms with Gasteiger partial charge in [0, 0.05) is 31.9 Å². The molecule has 0 spiro atoms. The topological polar surface area (TPSA) is 26.7 Å². The van der Waals surface area contributed by atoms with E-state index >= 15 is 0 Å². The normalized spacial score (nSPS) is 16.4. The molecule has 0 aromatic heterocycles. The number of halogens is 1. The molecule has 1 aliphatic heterocycles. The van der Waals surface area contributed by atoms with Gasteiger partial charge < -0.3 is 10.0 Å². The van der Waals surface area contributed by atoms with Gasteiger partial charge in [-0.15, -0.1) is 0 Å². The predicted molar refractivity (Wildman–Crippen MR) is 72.0 cm³/mol. The molecule has 0 radical (unpaired) electrons. The fourth-order valence-corrected chi connectivity index (χ4v) is 2.43. The van der Waals surface area contributed by atoms with Crippen LogP contribution in [0.5, 0.6) is 5.75 Å². The zero-order valence-corrected chi connectivity index (χ0v) is 11.2. The molecule has 0 bridgehead atoms. The molecule has 17 heavy (non-hydrogen) atoms. The molecule has 0 atom stereocenters. The van der Waals surface area contributed by atoms with Crippen molar-refractivity contribution in [3.8, 4) is 5.75 Å². The molecular weight excluding hydrogens is 236 g/mol. The lowest BCUT2D eigenvalue weighted by molar-refractivity contribution is 0.324. The van der Waals surface area contributed by atoms with Crippen LogP contribution >= 0.6 is 11.6 Å². The van der Waals surface area contributed by atoms with E-state index in [1.807, 2.05) is 25.1 Å². The van der Waals surface area contributed by atoms with Gasteiger partial charge in [-0.1, -0.05) is 11.6 Å². The molecule has 4 heteroatoms. The van der Waals surface area contributed by atoms with Crippen LogP contribution in [0.4, 0.5) is 5.69 Å². The molecule has 0 amide bonds. The predicted octanol–water partition coefficient (Wildman–Crippen LogP) is 2.71. The van der Waals surface area contributed by atoms with Crippen LogP contribution in [-0.2, 0) is 6.54 Å². The van der Waals surface area contributed by atoms with Gasteiger partial charge in [-0.3, -0.25) is 4.90 Å². The van der Waals surface area contributed by atoms with Gasteiger partial charge in [-0.2, -0.15) is 0 Å². The van der Waals surface area contributed by atoms with Crippen LogP contribution in [-0.4, -0.2) is 37.2 Å². The van der Waals surface area contributed by atoms with Gasteiger partial charge in [0.15, 0.2) is 0 Å². The molecule has 0 aliphatic carbocycles. The van der Waals surface area contributed by atoms with Crippen molar-refractivity contribution in [3.63, 3.8) is 0 Å². The second-order valence-corrected chi connectivity index (χ2v) is 5.22. The third kappa shape index (κ3) is 2.85.